The molecule has 0 radical (unpaired) electrons. The summed E-state index contributed by atoms with van der Waals surface area (Å²) in [5.74, 6) is -1.85. The van der Waals surface area contributed by atoms with Crippen LogP contribution < -0.4 is 10.6 Å². The highest BCUT2D eigenvalue weighted by atomic mass is 32.2. The molecule has 2 atom stereocenters. The fraction of sp³-hybridized carbons (Fsp3) is 0.176. The first-order chi connectivity index (χ1) is 23.8. The largest absolute Gasteiger partial charge is 0.448 e. The summed E-state index contributed by atoms with van der Waals surface area (Å²) in [4.78, 5) is 62.6. The molecule has 2 aliphatic heterocycles. The Balaban J connectivity index is 1.11. The molecule has 3 amide bonds. The molecule has 2 N–H and O–H groups in total. The lowest BCUT2D eigenvalue weighted by atomic mass is 10.0. The number of thioether (sulfide) groups is 1. The van der Waals surface area contributed by atoms with E-state index in [0.717, 1.165) is 23.8 Å². The Kier molecular flexibility index (Phi) is 10.3. The molecule has 0 spiro atoms. The van der Waals surface area contributed by atoms with Gasteiger partial charge in [-0.2, -0.15) is 4.39 Å². The lowest BCUT2D eigenvalue weighted by Gasteiger charge is -2.48. The number of rotatable bonds is 11. The Morgan fingerprint density at radius 1 is 1.00 bits per heavy atom. The van der Waals surface area contributed by atoms with Gasteiger partial charge in [0.05, 0.1) is 0 Å². The van der Waals surface area contributed by atoms with Crippen molar-refractivity contribution in [2.75, 3.05) is 18.2 Å². The number of hydrogen-bond acceptors (Lipinski definition) is 11. The Labute approximate surface area is 287 Å². The van der Waals surface area contributed by atoms with E-state index in [9.17, 15) is 19.2 Å². The number of fused-ring (bicyclic) bond motifs is 1. The van der Waals surface area contributed by atoms with Crippen molar-refractivity contribution >= 4 is 57.8 Å². The predicted octanol–water partition coefficient (Wildman–Crippen LogP) is 5.00. The number of thiazole rings is 1. The number of carbonyl (C=O) groups is 4. The van der Waals surface area contributed by atoms with Crippen LogP contribution in [0.25, 0.3) is 0 Å². The summed E-state index contributed by atoms with van der Waals surface area (Å²) in [5, 5.41) is 6.78. The summed E-state index contributed by atoms with van der Waals surface area (Å²) >= 11 is 1.78. The molecule has 250 valence electrons. The molecule has 1 fully saturated rings. The topological polar surface area (TPSA) is 149 Å². The number of nitrogens with one attached hydrogen (secondary N) is 2. The van der Waals surface area contributed by atoms with E-state index in [1.807, 2.05) is 66.7 Å². The molecule has 15 heteroatoms. The molecule has 0 unspecified atom stereocenters. The fourth-order valence-electron chi connectivity index (χ4n) is 5.12. The molecular formula is C34H28FN5O7S2. The average Bonchev–Trinajstić information content (AvgIpc) is 3.49. The third-order valence-electron chi connectivity index (χ3n) is 7.40. The number of halogens is 1. The normalized spacial score (nSPS) is 17.0. The predicted molar refractivity (Wildman–Crippen MR) is 180 cm³/mol. The van der Waals surface area contributed by atoms with Gasteiger partial charge in [0.15, 0.2) is 16.9 Å². The SMILES string of the molecule is CON=C(C(=O)N[C@@H]1C(=O)N2C(C(=O)OC(c3ccccc3)c3ccccc3)=CCS[C@H]12)c1nc(NC(=O)OCc2ccccc2)sc1F. The van der Waals surface area contributed by atoms with Gasteiger partial charge < -0.3 is 19.6 Å². The van der Waals surface area contributed by atoms with Gasteiger partial charge in [-0.3, -0.25) is 19.8 Å². The van der Waals surface area contributed by atoms with Crippen LogP contribution in [-0.2, 0) is 35.3 Å². The number of oxime groups is 1. The van der Waals surface area contributed by atoms with E-state index in [-0.39, 0.29) is 17.4 Å². The van der Waals surface area contributed by atoms with Crippen molar-refractivity contribution in [3.8, 4) is 0 Å². The van der Waals surface area contributed by atoms with Gasteiger partial charge >= 0.3 is 12.1 Å². The Morgan fingerprint density at radius 2 is 1.63 bits per heavy atom. The number of esters is 1. The number of hydrogen-bond donors (Lipinski definition) is 2. The van der Waals surface area contributed by atoms with Gasteiger partial charge in [-0.05, 0) is 22.8 Å². The number of benzene rings is 3. The van der Waals surface area contributed by atoms with Crippen LogP contribution in [0, 0.1) is 5.13 Å². The van der Waals surface area contributed by atoms with E-state index in [0.29, 0.717) is 17.1 Å². The Bertz CT molecular complexity index is 1870. The highest BCUT2D eigenvalue weighted by Crippen LogP contribution is 2.39. The molecule has 3 heterocycles. The van der Waals surface area contributed by atoms with Crippen molar-refractivity contribution in [2.45, 2.75) is 24.1 Å². The minimum Gasteiger partial charge on any atom is -0.448 e. The fourth-order valence-corrected chi connectivity index (χ4v) is 7.00. The van der Waals surface area contributed by atoms with E-state index in [2.05, 4.69) is 20.8 Å². The number of amides is 3. The van der Waals surface area contributed by atoms with E-state index in [1.54, 1.807) is 30.3 Å². The molecular weight excluding hydrogens is 674 g/mol. The molecule has 3 aromatic carbocycles. The van der Waals surface area contributed by atoms with E-state index in [4.69, 9.17) is 14.3 Å². The van der Waals surface area contributed by atoms with Crippen LogP contribution in [0.3, 0.4) is 0 Å². The van der Waals surface area contributed by atoms with Crippen LogP contribution in [0.15, 0.2) is 108 Å². The second-order valence-corrected chi connectivity index (χ2v) is 12.6. The zero-order chi connectivity index (χ0) is 34.3. The molecule has 1 aromatic heterocycles. The van der Waals surface area contributed by atoms with E-state index < -0.39 is 57.9 Å². The van der Waals surface area contributed by atoms with Crippen molar-refractivity contribution in [3.63, 3.8) is 0 Å². The molecule has 2 aliphatic rings. The van der Waals surface area contributed by atoms with Crippen molar-refractivity contribution in [3.05, 3.63) is 130 Å². The van der Waals surface area contributed by atoms with Crippen LogP contribution in [0.5, 0.6) is 0 Å². The molecule has 1 saturated heterocycles. The van der Waals surface area contributed by atoms with Crippen molar-refractivity contribution in [1.82, 2.24) is 15.2 Å². The minimum absolute atomic E-state index is 0.0208. The van der Waals surface area contributed by atoms with Gasteiger partial charge in [0.2, 0.25) is 5.13 Å². The van der Waals surface area contributed by atoms with Crippen LogP contribution in [-0.4, -0.2) is 63.8 Å². The Morgan fingerprint density at radius 3 is 2.27 bits per heavy atom. The molecule has 0 aliphatic carbocycles. The first-order valence-corrected chi connectivity index (χ1v) is 16.7. The molecule has 4 aromatic rings. The zero-order valence-electron chi connectivity index (χ0n) is 25.8. The van der Waals surface area contributed by atoms with Gasteiger partial charge in [-0.25, -0.2) is 14.6 Å². The maximum Gasteiger partial charge on any atom is 0.413 e. The second kappa shape index (κ2) is 15.1. The molecule has 0 bridgehead atoms. The standard InChI is InChI=1S/C34H28FN5O7S2/c1-45-39-25(24-28(35)49-33(37-24)38-34(44)46-19-20-11-5-2-6-12-20)29(41)36-26-30(42)40-23(17-18-48-31(26)40)32(43)47-27(21-13-7-3-8-14-21)22-15-9-4-10-16-22/h2-17,26-27,31H,18-19H2,1H3,(H,36,41)(H,37,38,44)/t26-,31-/m1/s1. The van der Waals surface area contributed by atoms with E-state index >= 15 is 4.39 Å². The highest BCUT2D eigenvalue weighted by Gasteiger charge is 2.53. The lowest BCUT2D eigenvalue weighted by molar-refractivity contribution is -0.154. The van der Waals surface area contributed by atoms with Crippen LogP contribution in [0.2, 0.25) is 0 Å². The van der Waals surface area contributed by atoms with Crippen molar-refractivity contribution in [1.29, 1.82) is 0 Å². The maximum absolute atomic E-state index is 15.0. The summed E-state index contributed by atoms with van der Waals surface area (Å²) in [6, 6.07) is 26.4. The quantitative estimate of drug-likeness (QED) is 0.0954. The molecule has 0 saturated carbocycles. The second-order valence-electron chi connectivity index (χ2n) is 10.5. The molecule has 49 heavy (non-hydrogen) atoms. The lowest BCUT2D eigenvalue weighted by Crippen LogP contribution is -2.70. The number of anilines is 1. The molecule has 12 nitrogen and oxygen atoms in total. The van der Waals surface area contributed by atoms with Gasteiger partial charge in [0.25, 0.3) is 11.8 Å². The van der Waals surface area contributed by atoms with Gasteiger partial charge in [-0.1, -0.05) is 107 Å². The monoisotopic (exact) mass is 701 g/mol. The number of β-lactam (4-membered cyclic amide) rings is 1. The third kappa shape index (κ3) is 7.47. The first-order valence-electron chi connectivity index (χ1n) is 14.9. The van der Waals surface area contributed by atoms with Gasteiger partial charge in [0, 0.05) is 5.75 Å². The van der Waals surface area contributed by atoms with Crippen molar-refractivity contribution < 1.29 is 37.9 Å². The summed E-state index contributed by atoms with van der Waals surface area (Å²) < 4.78 is 26.1. The van der Waals surface area contributed by atoms with Gasteiger partial charge in [-0.15, -0.1) is 11.8 Å². The van der Waals surface area contributed by atoms with Crippen LogP contribution >= 0.6 is 23.1 Å². The van der Waals surface area contributed by atoms with Gasteiger partial charge in [0.1, 0.15) is 36.5 Å². The van der Waals surface area contributed by atoms with Crippen LogP contribution in [0.4, 0.5) is 14.3 Å². The molecule has 6 rings (SSSR count). The first kappa shape index (κ1) is 33.4. The van der Waals surface area contributed by atoms with E-state index in [1.165, 1.54) is 16.7 Å². The van der Waals surface area contributed by atoms with Crippen LogP contribution in [0.1, 0.15) is 28.5 Å². The summed E-state index contributed by atoms with van der Waals surface area (Å²) in [6.07, 6.45) is 0.00474. The minimum atomic E-state index is -1.07. The summed E-state index contributed by atoms with van der Waals surface area (Å²) in [7, 11) is 1.16. The maximum atomic E-state index is 15.0. The number of carbonyl (C=O) groups excluding carboxylic acids is 4. The zero-order valence-corrected chi connectivity index (χ0v) is 27.4. The summed E-state index contributed by atoms with van der Waals surface area (Å²) in [6.45, 7) is -0.0208. The number of aromatic nitrogens is 1. The summed E-state index contributed by atoms with van der Waals surface area (Å²) in [5.41, 5.74) is 1.26. The average molecular weight is 702 g/mol. The smallest absolute Gasteiger partial charge is 0.413 e. The number of nitrogens with zero attached hydrogens (tertiary/aromatic N) is 3. The Hall–Kier alpha value is -5.54. The van der Waals surface area contributed by atoms with Crippen molar-refractivity contribution in [2.24, 2.45) is 5.16 Å². The number of ether oxygens (including phenoxy) is 2. The highest BCUT2D eigenvalue weighted by molar-refractivity contribution is 8.00. The third-order valence-corrected chi connectivity index (χ3v) is 9.34.